The van der Waals surface area contributed by atoms with Crippen LogP contribution in [0.4, 0.5) is 10.5 Å². The normalized spacial score (nSPS) is 16.6. The smallest absolute Gasteiger partial charge is 0.321 e. The highest BCUT2D eigenvalue weighted by molar-refractivity contribution is 5.93. The minimum Gasteiger partial charge on any atom is -0.345 e. The Bertz CT molecular complexity index is 706. The standard InChI is InChI=1S/C18H26N4O/c1-4-22-14(2)12-15-13-16(6-7-17(15)22)19-18(23)21-9-5-8-20(3)10-11-21/h6-7,12-13H,4-5,8-11H2,1-3H3,(H,19,23). The van der Waals surface area contributed by atoms with Crippen LogP contribution in [0.3, 0.4) is 0 Å². The van der Waals surface area contributed by atoms with Gasteiger partial charge in [0.1, 0.15) is 0 Å². The molecular weight excluding hydrogens is 288 g/mol. The van der Waals surface area contributed by atoms with E-state index in [0.717, 1.165) is 44.8 Å². The molecule has 0 atom stereocenters. The number of amides is 2. The Hall–Kier alpha value is -2.01. The Balaban J connectivity index is 1.74. The van der Waals surface area contributed by atoms with E-state index in [0.29, 0.717) is 0 Å². The molecule has 1 fully saturated rings. The fraction of sp³-hybridized carbons (Fsp3) is 0.500. The lowest BCUT2D eigenvalue weighted by atomic mass is 10.2. The number of carbonyl (C=O) groups excluding carboxylic acids is 1. The molecule has 1 N–H and O–H groups in total. The van der Waals surface area contributed by atoms with E-state index in [-0.39, 0.29) is 6.03 Å². The van der Waals surface area contributed by atoms with E-state index in [2.05, 4.69) is 53.9 Å². The predicted molar refractivity (Wildman–Crippen MR) is 95.1 cm³/mol. The van der Waals surface area contributed by atoms with Crippen molar-refractivity contribution < 1.29 is 4.79 Å². The average molecular weight is 314 g/mol. The first-order chi connectivity index (χ1) is 11.1. The van der Waals surface area contributed by atoms with Crippen molar-refractivity contribution in [2.24, 2.45) is 0 Å². The van der Waals surface area contributed by atoms with Crippen LogP contribution in [0, 0.1) is 6.92 Å². The van der Waals surface area contributed by atoms with E-state index in [4.69, 9.17) is 0 Å². The van der Waals surface area contributed by atoms with Crippen molar-refractivity contribution in [3.63, 3.8) is 0 Å². The number of hydrogen-bond acceptors (Lipinski definition) is 2. The van der Waals surface area contributed by atoms with Gasteiger partial charge in [-0.3, -0.25) is 0 Å². The first-order valence-electron chi connectivity index (χ1n) is 8.43. The van der Waals surface area contributed by atoms with Crippen molar-refractivity contribution in [3.8, 4) is 0 Å². The number of nitrogens with zero attached hydrogens (tertiary/aromatic N) is 3. The van der Waals surface area contributed by atoms with Crippen molar-refractivity contribution in [2.75, 3.05) is 38.5 Å². The molecule has 5 nitrogen and oxygen atoms in total. The zero-order valence-electron chi connectivity index (χ0n) is 14.3. The van der Waals surface area contributed by atoms with Crippen LogP contribution < -0.4 is 5.32 Å². The molecule has 0 unspecified atom stereocenters. The second-order valence-electron chi connectivity index (χ2n) is 6.38. The summed E-state index contributed by atoms with van der Waals surface area (Å²) < 4.78 is 2.28. The topological polar surface area (TPSA) is 40.5 Å². The summed E-state index contributed by atoms with van der Waals surface area (Å²) in [7, 11) is 2.11. The van der Waals surface area contributed by atoms with Gasteiger partial charge in [-0.25, -0.2) is 4.79 Å². The Morgan fingerprint density at radius 2 is 2.00 bits per heavy atom. The first kappa shape index (κ1) is 15.9. The van der Waals surface area contributed by atoms with Gasteiger partial charge in [-0.1, -0.05) is 0 Å². The molecule has 5 heteroatoms. The third-order valence-corrected chi connectivity index (χ3v) is 4.68. The van der Waals surface area contributed by atoms with Crippen molar-refractivity contribution in [1.82, 2.24) is 14.4 Å². The van der Waals surface area contributed by atoms with Crippen LogP contribution in [-0.2, 0) is 6.54 Å². The molecule has 0 spiro atoms. The van der Waals surface area contributed by atoms with E-state index in [1.165, 1.54) is 16.6 Å². The molecule has 0 radical (unpaired) electrons. The molecule has 23 heavy (non-hydrogen) atoms. The lowest BCUT2D eigenvalue weighted by Crippen LogP contribution is -2.37. The maximum atomic E-state index is 12.5. The summed E-state index contributed by atoms with van der Waals surface area (Å²) in [6, 6.07) is 8.34. The molecule has 1 aromatic heterocycles. The molecule has 0 aliphatic carbocycles. The van der Waals surface area contributed by atoms with Gasteiger partial charge in [0.25, 0.3) is 0 Å². The van der Waals surface area contributed by atoms with Gasteiger partial charge in [0.15, 0.2) is 0 Å². The number of fused-ring (bicyclic) bond motifs is 1. The number of nitrogens with one attached hydrogen (secondary N) is 1. The summed E-state index contributed by atoms with van der Waals surface area (Å²) >= 11 is 0. The van der Waals surface area contributed by atoms with Crippen molar-refractivity contribution >= 4 is 22.6 Å². The van der Waals surface area contributed by atoms with Crippen LogP contribution in [-0.4, -0.2) is 53.6 Å². The van der Waals surface area contributed by atoms with Gasteiger partial charge in [-0.15, -0.1) is 0 Å². The Kier molecular flexibility index (Phi) is 4.57. The molecule has 2 aromatic rings. The summed E-state index contributed by atoms with van der Waals surface area (Å²) in [4.78, 5) is 16.7. The summed E-state index contributed by atoms with van der Waals surface area (Å²) in [6.07, 6.45) is 1.03. The van der Waals surface area contributed by atoms with Gasteiger partial charge >= 0.3 is 6.03 Å². The largest absolute Gasteiger partial charge is 0.345 e. The number of rotatable bonds is 2. The lowest BCUT2D eigenvalue weighted by molar-refractivity contribution is 0.213. The van der Waals surface area contributed by atoms with Crippen LogP contribution in [0.2, 0.25) is 0 Å². The zero-order valence-corrected chi connectivity index (χ0v) is 14.3. The second kappa shape index (κ2) is 6.62. The van der Waals surface area contributed by atoms with E-state index in [9.17, 15) is 4.79 Å². The van der Waals surface area contributed by atoms with Gasteiger partial charge in [0.2, 0.25) is 0 Å². The molecule has 3 rings (SSSR count). The second-order valence-corrected chi connectivity index (χ2v) is 6.38. The molecule has 0 bridgehead atoms. The van der Waals surface area contributed by atoms with Crippen LogP contribution >= 0.6 is 0 Å². The summed E-state index contributed by atoms with van der Waals surface area (Å²) in [5.41, 5.74) is 3.34. The number of hydrogen-bond donors (Lipinski definition) is 1. The number of likely N-dealkylation sites (N-methyl/N-ethyl adjacent to an activating group) is 1. The molecule has 1 aliphatic heterocycles. The zero-order chi connectivity index (χ0) is 16.4. The molecule has 1 aromatic carbocycles. The Morgan fingerprint density at radius 1 is 1.17 bits per heavy atom. The Labute approximate surface area is 137 Å². The summed E-state index contributed by atoms with van der Waals surface area (Å²) in [5.74, 6) is 0. The SMILES string of the molecule is CCn1c(C)cc2cc(NC(=O)N3CCCN(C)CC3)ccc21. The maximum absolute atomic E-state index is 12.5. The van der Waals surface area contributed by atoms with Crippen LogP contribution in [0.15, 0.2) is 24.3 Å². The molecule has 1 aliphatic rings. The summed E-state index contributed by atoms with van der Waals surface area (Å²) in [6.45, 7) is 8.83. The quantitative estimate of drug-likeness (QED) is 0.925. The molecule has 0 saturated carbocycles. The summed E-state index contributed by atoms with van der Waals surface area (Å²) in [5, 5.41) is 4.23. The van der Waals surface area contributed by atoms with E-state index < -0.39 is 0 Å². The maximum Gasteiger partial charge on any atom is 0.321 e. The third-order valence-electron chi connectivity index (χ3n) is 4.68. The van der Waals surface area contributed by atoms with Gasteiger partial charge in [-0.05, 0) is 58.1 Å². The number of aromatic nitrogens is 1. The fourth-order valence-corrected chi connectivity index (χ4v) is 3.36. The van der Waals surface area contributed by atoms with E-state index >= 15 is 0 Å². The number of benzene rings is 1. The third kappa shape index (κ3) is 3.34. The van der Waals surface area contributed by atoms with Crippen molar-refractivity contribution in [3.05, 3.63) is 30.0 Å². The highest BCUT2D eigenvalue weighted by atomic mass is 16.2. The highest BCUT2D eigenvalue weighted by Crippen LogP contribution is 2.23. The molecular formula is C18H26N4O. The van der Waals surface area contributed by atoms with Crippen molar-refractivity contribution in [2.45, 2.75) is 26.8 Å². The number of urea groups is 1. The van der Waals surface area contributed by atoms with Crippen molar-refractivity contribution in [1.29, 1.82) is 0 Å². The van der Waals surface area contributed by atoms with Crippen LogP contribution in [0.1, 0.15) is 19.0 Å². The fourth-order valence-electron chi connectivity index (χ4n) is 3.36. The monoisotopic (exact) mass is 314 g/mol. The van der Waals surface area contributed by atoms with Crippen LogP contribution in [0.5, 0.6) is 0 Å². The molecule has 124 valence electrons. The number of anilines is 1. The first-order valence-corrected chi connectivity index (χ1v) is 8.43. The minimum atomic E-state index is 0.00583. The Morgan fingerprint density at radius 3 is 2.78 bits per heavy atom. The van der Waals surface area contributed by atoms with E-state index in [1.807, 2.05) is 11.0 Å². The molecule has 2 amide bonds. The van der Waals surface area contributed by atoms with Gasteiger partial charge in [0.05, 0.1) is 0 Å². The van der Waals surface area contributed by atoms with Gasteiger partial charge in [0, 0.05) is 48.5 Å². The predicted octanol–water partition coefficient (Wildman–Crippen LogP) is 3.14. The van der Waals surface area contributed by atoms with Gasteiger partial charge < -0.3 is 19.7 Å². The highest BCUT2D eigenvalue weighted by Gasteiger charge is 2.17. The van der Waals surface area contributed by atoms with Gasteiger partial charge in [-0.2, -0.15) is 0 Å². The average Bonchev–Trinajstić information content (AvgIpc) is 2.67. The number of carbonyl (C=O) groups is 1. The number of aryl methyl sites for hydroxylation is 2. The molecule has 2 heterocycles. The lowest BCUT2D eigenvalue weighted by Gasteiger charge is -2.21. The molecule has 1 saturated heterocycles. The van der Waals surface area contributed by atoms with E-state index in [1.54, 1.807) is 0 Å². The van der Waals surface area contributed by atoms with Crippen LogP contribution in [0.25, 0.3) is 10.9 Å². The minimum absolute atomic E-state index is 0.00583.